The SMILES string of the molecule is CC(C)(C)C(=O)N1CCCC1C(=O)N1CCN(Cc2ccccc2)CC1. The highest BCUT2D eigenvalue weighted by Crippen LogP contribution is 2.26. The molecule has 1 aromatic carbocycles. The summed E-state index contributed by atoms with van der Waals surface area (Å²) in [6.45, 7) is 10.7. The molecule has 1 atom stereocenters. The lowest BCUT2D eigenvalue weighted by molar-refractivity contribution is -0.149. The third-order valence-electron chi connectivity index (χ3n) is 5.37. The highest BCUT2D eigenvalue weighted by atomic mass is 16.2. The zero-order valence-corrected chi connectivity index (χ0v) is 16.3. The van der Waals surface area contributed by atoms with E-state index in [0.29, 0.717) is 6.54 Å². The Morgan fingerprint density at radius 2 is 1.65 bits per heavy atom. The zero-order valence-electron chi connectivity index (χ0n) is 16.3. The number of hydrogen-bond acceptors (Lipinski definition) is 3. The highest BCUT2D eigenvalue weighted by molar-refractivity contribution is 5.90. The summed E-state index contributed by atoms with van der Waals surface area (Å²) in [6, 6.07) is 10.2. The fourth-order valence-corrected chi connectivity index (χ4v) is 3.88. The van der Waals surface area contributed by atoms with E-state index in [1.54, 1.807) is 0 Å². The molecule has 2 amide bonds. The van der Waals surface area contributed by atoms with Crippen molar-refractivity contribution >= 4 is 11.8 Å². The minimum Gasteiger partial charge on any atom is -0.338 e. The van der Waals surface area contributed by atoms with E-state index in [2.05, 4.69) is 29.2 Å². The first-order valence-electron chi connectivity index (χ1n) is 9.72. The Bertz CT molecular complexity index is 630. The molecule has 2 fully saturated rings. The van der Waals surface area contributed by atoms with Gasteiger partial charge in [0.05, 0.1) is 0 Å². The fraction of sp³-hybridized carbons (Fsp3) is 0.619. The number of nitrogens with zero attached hydrogens (tertiary/aromatic N) is 3. The van der Waals surface area contributed by atoms with Gasteiger partial charge in [0.25, 0.3) is 0 Å². The van der Waals surface area contributed by atoms with Crippen molar-refractivity contribution in [3.05, 3.63) is 35.9 Å². The van der Waals surface area contributed by atoms with Crippen molar-refractivity contribution in [1.82, 2.24) is 14.7 Å². The average molecular weight is 357 g/mol. The summed E-state index contributed by atoms with van der Waals surface area (Å²) in [4.78, 5) is 31.9. The Balaban J connectivity index is 1.55. The van der Waals surface area contributed by atoms with Crippen LogP contribution in [-0.2, 0) is 16.1 Å². The van der Waals surface area contributed by atoms with Crippen LogP contribution in [0.25, 0.3) is 0 Å². The predicted octanol–water partition coefficient (Wildman–Crippen LogP) is 2.37. The number of piperazine rings is 1. The molecular formula is C21H31N3O2. The summed E-state index contributed by atoms with van der Waals surface area (Å²) in [5.41, 5.74) is 0.877. The lowest BCUT2D eigenvalue weighted by atomic mass is 9.94. The molecule has 1 unspecified atom stereocenters. The third kappa shape index (κ3) is 4.26. The van der Waals surface area contributed by atoms with E-state index in [1.807, 2.05) is 36.6 Å². The molecule has 5 heteroatoms. The largest absolute Gasteiger partial charge is 0.338 e. The standard InChI is InChI=1S/C21H31N3O2/c1-21(2,3)20(26)24-11-7-10-18(24)19(25)23-14-12-22(13-15-23)16-17-8-5-4-6-9-17/h4-6,8-9,18H,7,10-16H2,1-3H3. The lowest BCUT2D eigenvalue weighted by Gasteiger charge is -2.38. The molecule has 0 saturated carbocycles. The molecule has 2 aliphatic rings. The number of hydrogen-bond donors (Lipinski definition) is 0. The van der Waals surface area contributed by atoms with Crippen LogP contribution in [0.1, 0.15) is 39.2 Å². The number of rotatable bonds is 3. The normalized spacial score (nSPS) is 21.9. The van der Waals surface area contributed by atoms with Gasteiger partial charge in [0, 0.05) is 44.7 Å². The second kappa shape index (κ2) is 7.78. The first kappa shape index (κ1) is 18.9. The number of benzene rings is 1. The van der Waals surface area contributed by atoms with Gasteiger partial charge < -0.3 is 9.80 Å². The minimum absolute atomic E-state index is 0.0936. The van der Waals surface area contributed by atoms with Crippen LogP contribution in [0.5, 0.6) is 0 Å². The summed E-state index contributed by atoms with van der Waals surface area (Å²) < 4.78 is 0. The molecule has 0 aliphatic carbocycles. The van der Waals surface area contributed by atoms with Gasteiger partial charge in [-0.1, -0.05) is 51.1 Å². The summed E-state index contributed by atoms with van der Waals surface area (Å²) in [7, 11) is 0. The number of likely N-dealkylation sites (tertiary alicyclic amines) is 1. The van der Waals surface area contributed by atoms with Crippen LogP contribution in [0.4, 0.5) is 0 Å². The van der Waals surface area contributed by atoms with E-state index in [1.165, 1.54) is 5.56 Å². The number of carbonyl (C=O) groups excluding carboxylic acids is 2. The van der Waals surface area contributed by atoms with Crippen LogP contribution in [0.3, 0.4) is 0 Å². The number of carbonyl (C=O) groups is 2. The molecule has 0 radical (unpaired) electrons. The Kier molecular flexibility index (Phi) is 5.66. The highest BCUT2D eigenvalue weighted by Gasteiger charge is 2.40. The van der Waals surface area contributed by atoms with Crippen molar-refractivity contribution in [2.45, 2.75) is 46.2 Å². The van der Waals surface area contributed by atoms with Gasteiger partial charge >= 0.3 is 0 Å². The summed E-state index contributed by atoms with van der Waals surface area (Å²) in [6.07, 6.45) is 1.72. The molecule has 1 aromatic rings. The third-order valence-corrected chi connectivity index (χ3v) is 5.37. The first-order chi connectivity index (χ1) is 12.4. The maximum atomic E-state index is 13.0. The zero-order chi connectivity index (χ0) is 18.7. The van der Waals surface area contributed by atoms with Gasteiger partial charge in [-0.2, -0.15) is 0 Å². The molecule has 0 N–H and O–H groups in total. The molecule has 5 nitrogen and oxygen atoms in total. The van der Waals surface area contributed by atoms with Gasteiger partial charge in [0.15, 0.2) is 0 Å². The van der Waals surface area contributed by atoms with Gasteiger partial charge in [0.1, 0.15) is 6.04 Å². The molecule has 0 spiro atoms. The minimum atomic E-state index is -0.433. The molecule has 2 aliphatic heterocycles. The van der Waals surface area contributed by atoms with Crippen molar-refractivity contribution < 1.29 is 9.59 Å². The van der Waals surface area contributed by atoms with Crippen LogP contribution in [0, 0.1) is 5.41 Å². The number of amides is 2. The lowest BCUT2D eigenvalue weighted by Crippen LogP contribution is -2.55. The van der Waals surface area contributed by atoms with E-state index >= 15 is 0 Å². The van der Waals surface area contributed by atoms with E-state index in [4.69, 9.17) is 0 Å². The van der Waals surface area contributed by atoms with Crippen LogP contribution in [0.15, 0.2) is 30.3 Å². The quantitative estimate of drug-likeness (QED) is 0.834. The maximum Gasteiger partial charge on any atom is 0.245 e. The van der Waals surface area contributed by atoms with Crippen molar-refractivity contribution in [3.8, 4) is 0 Å². The summed E-state index contributed by atoms with van der Waals surface area (Å²) >= 11 is 0. The van der Waals surface area contributed by atoms with Crippen molar-refractivity contribution in [2.75, 3.05) is 32.7 Å². The van der Waals surface area contributed by atoms with Crippen molar-refractivity contribution in [1.29, 1.82) is 0 Å². The smallest absolute Gasteiger partial charge is 0.245 e. The Labute approximate surface area is 156 Å². The summed E-state index contributed by atoms with van der Waals surface area (Å²) in [5, 5.41) is 0. The van der Waals surface area contributed by atoms with Gasteiger partial charge in [-0.3, -0.25) is 14.5 Å². The predicted molar refractivity (Wildman–Crippen MR) is 102 cm³/mol. The Hall–Kier alpha value is -1.88. The topological polar surface area (TPSA) is 43.9 Å². The van der Waals surface area contributed by atoms with E-state index in [-0.39, 0.29) is 17.9 Å². The fourth-order valence-electron chi connectivity index (χ4n) is 3.88. The molecular weight excluding hydrogens is 326 g/mol. The van der Waals surface area contributed by atoms with E-state index < -0.39 is 5.41 Å². The van der Waals surface area contributed by atoms with Gasteiger partial charge in [0.2, 0.25) is 11.8 Å². The van der Waals surface area contributed by atoms with Crippen molar-refractivity contribution in [2.24, 2.45) is 5.41 Å². The molecule has 3 rings (SSSR count). The second-order valence-electron chi connectivity index (χ2n) is 8.49. The van der Waals surface area contributed by atoms with Crippen LogP contribution >= 0.6 is 0 Å². The molecule has 142 valence electrons. The first-order valence-corrected chi connectivity index (χ1v) is 9.72. The van der Waals surface area contributed by atoms with Crippen LogP contribution < -0.4 is 0 Å². The van der Waals surface area contributed by atoms with E-state index in [9.17, 15) is 9.59 Å². The van der Waals surface area contributed by atoms with Gasteiger partial charge in [-0.15, -0.1) is 0 Å². The summed E-state index contributed by atoms with van der Waals surface area (Å²) in [5.74, 6) is 0.232. The molecule has 26 heavy (non-hydrogen) atoms. The van der Waals surface area contributed by atoms with Crippen molar-refractivity contribution in [3.63, 3.8) is 0 Å². The molecule has 0 bridgehead atoms. The Morgan fingerprint density at radius 1 is 1.00 bits per heavy atom. The molecule has 2 heterocycles. The van der Waals surface area contributed by atoms with Gasteiger partial charge in [-0.25, -0.2) is 0 Å². The maximum absolute atomic E-state index is 13.0. The second-order valence-corrected chi connectivity index (χ2v) is 8.49. The molecule has 0 aromatic heterocycles. The van der Waals surface area contributed by atoms with Crippen LogP contribution in [-0.4, -0.2) is 65.3 Å². The molecule has 2 saturated heterocycles. The monoisotopic (exact) mass is 357 g/mol. The van der Waals surface area contributed by atoms with Gasteiger partial charge in [-0.05, 0) is 18.4 Å². The van der Waals surface area contributed by atoms with E-state index in [0.717, 1.165) is 45.6 Å². The average Bonchev–Trinajstić information content (AvgIpc) is 3.10. The Morgan fingerprint density at radius 3 is 2.27 bits per heavy atom. The van der Waals surface area contributed by atoms with Crippen LogP contribution in [0.2, 0.25) is 0 Å².